The van der Waals surface area contributed by atoms with Gasteiger partial charge < -0.3 is 5.32 Å². The number of nitrogens with one attached hydrogen (secondary N) is 1. The molecule has 2 aromatic rings. The van der Waals surface area contributed by atoms with Crippen LogP contribution in [0.5, 0.6) is 0 Å². The third-order valence-electron chi connectivity index (χ3n) is 3.15. The van der Waals surface area contributed by atoms with Gasteiger partial charge in [0.1, 0.15) is 6.07 Å². The van der Waals surface area contributed by atoms with Crippen molar-refractivity contribution in [2.45, 2.75) is 19.3 Å². The highest BCUT2D eigenvalue weighted by Crippen LogP contribution is 2.22. The third-order valence-corrected chi connectivity index (χ3v) is 3.41. The van der Waals surface area contributed by atoms with E-state index in [0.717, 1.165) is 11.4 Å². The van der Waals surface area contributed by atoms with Crippen LogP contribution in [0.2, 0.25) is 5.02 Å². The van der Waals surface area contributed by atoms with Crippen molar-refractivity contribution in [1.82, 2.24) is 9.97 Å². The van der Waals surface area contributed by atoms with Crippen molar-refractivity contribution in [2.24, 2.45) is 0 Å². The fraction of sp³-hybridized carbons (Fsp3) is 0.267. The van der Waals surface area contributed by atoms with Crippen molar-refractivity contribution in [3.63, 3.8) is 0 Å². The van der Waals surface area contributed by atoms with Gasteiger partial charge >= 0.3 is 0 Å². The Morgan fingerprint density at radius 2 is 1.95 bits per heavy atom. The number of hydrogen-bond acceptors (Lipinski definition) is 4. The van der Waals surface area contributed by atoms with Crippen LogP contribution in [0.3, 0.4) is 0 Å². The molecule has 0 spiro atoms. The Kier molecular flexibility index (Phi) is 4.91. The van der Waals surface area contributed by atoms with E-state index < -0.39 is 0 Å². The van der Waals surface area contributed by atoms with Gasteiger partial charge in [-0.1, -0.05) is 30.7 Å². The molecule has 0 saturated carbocycles. The summed E-state index contributed by atoms with van der Waals surface area (Å²) in [5, 5.41) is 12.9. The largest absolute Gasteiger partial charge is 0.367 e. The fourth-order valence-corrected chi connectivity index (χ4v) is 2.13. The van der Waals surface area contributed by atoms with Gasteiger partial charge in [-0.2, -0.15) is 5.26 Å². The van der Waals surface area contributed by atoms with Crippen molar-refractivity contribution in [3.8, 4) is 6.07 Å². The number of hydrogen-bond donors (Lipinski definition) is 1. The first kappa shape index (κ1) is 14.3. The molecule has 0 aliphatic carbocycles. The number of benzene rings is 1. The van der Waals surface area contributed by atoms with Crippen molar-refractivity contribution in [1.29, 1.82) is 5.26 Å². The Hall–Kier alpha value is -2.12. The fourth-order valence-electron chi connectivity index (χ4n) is 2.00. The summed E-state index contributed by atoms with van der Waals surface area (Å²) in [4.78, 5) is 8.13. The van der Waals surface area contributed by atoms with Crippen LogP contribution >= 0.6 is 11.6 Å². The monoisotopic (exact) mass is 286 g/mol. The van der Waals surface area contributed by atoms with Crippen LogP contribution in [0, 0.1) is 11.3 Å². The summed E-state index contributed by atoms with van der Waals surface area (Å²) in [6.45, 7) is 2.83. The highest BCUT2D eigenvalue weighted by molar-refractivity contribution is 6.30. The van der Waals surface area contributed by atoms with Gasteiger partial charge in [0.15, 0.2) is 11.5 Å². The SMILES string of the molecule is CCC(CNc1nccnc1C#N)c1ccc(Cl)cc1. The van der Waals surface area contributed by atoms with Crippen LogP contribution in [0.1, 0.15) is 30.5 Å². The molecule has 0 fully saturated rings. The minimum Gasteiger partial charge on any atom is -0.367 e. The van der Waals surface area contributed by atoms with Crippen molar-refractivity contribution < 1.29 is 0 Å². The molecule has 1 heterocycles. The molecule has 0 radical (unpaired) electrons. The molecule has 1 atom stereocenters. The Labute approximate surface area is 123 Å². The zero-order valence-corrected chi connectivity index (χ0v) is 11.9. The molecular weight excluding hydrogens is 272 g/mol. The van der Waals surface area contributed by atoms with E-state index in [0.29, 0.717) is 24.0 Å². The molecule has 5 heteroatoms. The predicted octanol–water partition coefficient (Wildman–Crippen LogP) is 3.61. The third kappa shape index (κ3) is 3.46. The first-order valence-corrected chi connectivity index (χ1v) is 6.82. The van der Waals surface area contributed by atoms with Gasteiger partial charge in [-0.25, -0.2) is 9.97 Å². The van der Waals surface area contributed by atoms with E-state index in [9.17, 15) is 0 Å². The van der Waals surface area contributed by atoms with Gasteiger partial charge in [-0.15, -0.1) is 0 Å². The Morgan fingerprint density at radius 1 is 1.25 bits per heavy atom. The maximum absolute atomic E-state index is 8.98. The molecule has 1 aromatic heterocycles. The molecule has 4 nitrogen and oxygen atoms in total. The highest BCUT2D eigenvalue weighted by atomic mass is 35.5. The lowest BCUT2D eigenvalue weighted by atomic mass is 9.96. The molecule has 0 amide bonds. The first-order valence-electron chi connectivity index (χ1n) is 6.45. The second-order valence-electron chi connectivity index (χ2n) is 4.40. The lowest BCUT2D eigenvalue weighted by Crippen LogP contribution is -2.14. The summed E-state index contributed by atoms with van der Waals surface area (Å²) >= 11 is 5.90. The average Bonchev–Trinajstić information content (AvgIpc) is 2.50. The number of halogens is 1. The van der Waals surface area contributed by atoms with E-state index in [1.165, 1.54) is 11.8 Å². The lowest BCUT2D eigenvalue weighted by molar-refractivity contribution is 0.693. The summed E-state index contributed by atoms with van der Waals surface area (Å²) < 4.78 is 0. The smallest absolute Gasteiger partial charge is 0.182 e. The second kappa shape index (κ2) is 6.88. The molecule has 20 heavy (non-hydrogen) atoms. The molecule has 1 unspecified atom stereocenters. The van der Waals surface area contributed by atoms with E-state index in [4.69, 9.17) is 16.9 Å². The number of aromatic nitrogens is 2. The summed E-state index contributed by atoms with van der Waals surface area (Å²) in [6, 6.07) is 9.87. The quantitative estimate of drug-likeness (QED) is 0.912. The molecular formula is C15H15ClN4. The second-order valence-corrected chi connectivity index (χ2v) is 4.84. The number of rotatable bonds is 5. The minimum atomic E-state index is 0.318. The van der Waals surface area contributed by atoms with Gasteiger partial charge in [-0.05, 0) is 24.1 Å². The van der Waals surface area contributed by atoms with Crippen LogP contribution < -0.4 is 5.32 Å². The van der Waals surface area contributed by atoms with Crippen LogP contribution in [-0.2, 0) is 0 Å². The van der Waals surface area contributed by atoms with Gasteiger partial charge in [0.05, 0.1) is 0 Å². The van der Waals surface area contributed by atoms with Crippen LogP contribution in [0.15, 0.2) is 36.7 Å². The maximum Gasteiger partial charge on any atom is 0.182 e. The Morgan fingerprint density at radius 3 is 2.60 bits per heavy atom. The van der Waals surface area contributed by atoms with Crippen molar-refractivity contribution in [2.75, 3.05) is 11.9 Å². The van der Waals surface area contributed by atoms with E-state index in [1.54, 1.807) is 6.20 Å². The van der Waals surface area contributed by atoms with Crippen LogP contribution in [-0.4, -0.2) is 16.5 Å². The molecule has 0 aliphatic heterocycles. The first-order chi connectivity index (χ1) is 9.74. The molecule has 0 aliphatic rings. The Bertz CT molecular complexity index is 604. The van der Waals surface area contributed by atoms with Gasteiger partial charge in [0, 0.05) is 29.9 Å². The van der Waals surface area contributed by atoms with Crippen molar-refractivity contribution >= 4 is 17.4 Å². The van der Waals surface area contributed by atoms with Gasteiger partial charge in [-0.3, -0.25) is 0 Å². The number of nitriles is 1. The molecule has 1 N–H and O–H groups in total. The highest BCUT2D eigenvalue weighted by Gasteiger charge is 2.11. The molecule has 1 aromatic carbocycles. The summed E-state index contributed by atoms with van der Waals surface area (Å²) in [7, 11) is 0. The standard InChI is InChI=1S/C15H15ClN4/c1-2-11(12-3-5-13(16)6-4-12)10-20-15-14(9-17)18-7-8-19-15/h3-8,11H,2,10H2,1H3,(H,19,20). The zero-order valence-electron chi connectivity index (χ0n) is 11.2. The normalized spacial score (nSPS) is 11.7. The zero-order chi connectivity index (χ0) is 14.4. The predicted molar refractivity (Wildman–Crippen MR) is 79.7 cm³/mol. The van der Waals surface area contributed by atoms with Gasteiger partial charge in [0.2, 0.25) is 0 Å². The summed E-state index contributed by atoms with van der Waals surface area (Å²) in [5.74, 6) is 0.864. The van der Waals surface area contributed by atoms with E-state index in [2.05, 4.69) is 22.2 Å². The van der Waals surface area contributed by atoms with Crippen molar-refractivity contribution in [3.05, 3.63) is 52.9 Å². The molecule has 0 saturated heterocycles. The van der Waals surface area contributed by atoms with E-state index in [1.807, 2.05) is 30.3 Å². The Balaban J connectivity index is 2.08. The van der Waals surface area contributed by atoms with E-state index >= 15 is 0 Å². The number of anilines is 1. The molecule has 0 bridgehead atoms. The maximum atomic E-state index is 8.98. The lowest BCUT2D eigenvalue weighted by Gasteiger charge is -2.16. The summed E-state index contributed by atoms with van der Waals surface area (Å²) in [6.07, 6.45) is 4.07. The van der Waals surface area contributed by atoms with Crippen LogP contribution in [0.4, 0.5) is 5.82 Å². The minimum absolute atomic E-state index is 0.318. The van der Waals surface area contributed by atoms with E-state index in [-0.39, 0.29) is 0 Å². The average molecular weight is 287 g/mol. The van der Waals surface area contributed by atoms with Gasteiger partial charge in [0.25, 0.3) is 0 Å². The summed E-state index contributed by atoms with van der Waals surface area (Å²) in [5.41, 5.74) is 1.53. The topological polar surface area (TPSA) is 61.6 Å². The number of nitrogens with zero attached hydrogens (tertiary/aromatic N) is 3. The van der Waals surface area contributed by atoms with Crippen LogP contribution in [0.25, 0.3) is 0 Å². The molecule has 2 rings (SSSR count). The molecule has 102 valence electrons.